The maximum atomic E-state index is 4.53. The Morgan fingerprint density at radius 1 is 1.24 bits per heavy atom. The molecule has 0 aliphatic heterocycles. The van der Waals surface area contributed by atoms with Crippen LogP contribution in [-0.2, 0) is 0 Å². The van der Waals surface area contributed by atoms with Gasteiger partial charge >= 0.3 is 0 Å². The molecule has 1 heterocycles. The van der Waals surface area contributed by atoms with Crippen molar-refractivity contribution in [2.45, 2.75) is 51.6 Å². The van der Waals surface area contributed by atoms with Crippen molar-refractivity contribution in [2.24, 2.45) is 0 Å². The monoisotopic (exact) mass is 364 g/mol. The minimum Gasteiger partial charge on any atom is -0.307 e. The van der Waals surface area contributed by atoms with Crippen LogP contribution in [0, 0.1) is 13.8 Å². The summed E-state index contributed by atoms with van der Waals surface area (Å²) in [6.07, 6.45) is 2.48. The fraction of sp³-hybridized carbons (Fsp3) is 0.471. The van der Waals surface area contributed by atoms with Crippen LogP contribution in [0.15, 0.2) is 28.7 Å². The highest BCUT2D eigenvalue weighted by Crippen LogP contribution is 2.38. The van der Waals surface area contributed by atoms with Crippen molar-refractivity contribution in [3.63, 3.8) is 0 Å². The molecule has 0 bridgehead atoms. The Kier molecular flexibility index (Phi) is 4.48. The summed E-state index contributed by atoms with van der Waals surface area (Å²) in [5, 5.41) is 4.92. The summed E-state index contributed by atoms with van der Waals surface area (Å²) in [5.41, 5.74) is 2.65. The number of aromatic nitrogens is 1. The summed E-state index contributed by atoms with van der Waals surface area (Å²) < 4.78 is 1.16. The van der Waals surface area contributed by atoms with Gasteiger partial charge in [0, 0.05) is 21.4 Å². The van der Waals surface area contributed by atoms with E-state index in [0.29, 0.717) is 18.0 Å². The van der Waals surface area contributed by atoms with Crippen LogP contribution in [0.2, 0.25) is 0 Å². The summed E-state index contributed by atoms with van der Waals surface area (Å²) >= 11 is 5.32. The van der Waals surface area contributed by atoms with Crippen LogP contribution in [0.4, 0.5) is 0 Å². The van der Waals surface area contributed by atoms with Crippen LogP contribution in [-0.4, -0.2) is 11.0 Å². The van der Waals surface area contributed by atoms with E-state index in [1.807, 2.05) is 11.3 Å². The molecule has 1 aliphatic rings. The molecule has 1 fully saturated rings. The smallest absolute Gasteiger partial charge is 0.0900 e. The predicted octanol–water partition coefficient (Wildman–Crippen LogP) is 5.12. The van der Waals surface area contributed by atoms with Crippen LogP contribution in [0.25, 0.3) is 0 Å². The Morgan fingerprint density at radius 3 is 2.48 bits per heavy atom. The molecular weight excluding hydrogens is 344 g/mol. The van der Waals surface area contributed by atoms with E-state index in [0.717, 1.165) is 9.48 Å². The molecule has 2 nitrogen and oxygen atoms in total. The van der Waals surface area contributed by atoms with E-state index in [1.54, 1.807) is 0 Å². The van der Waals surface area contributed by atoms with Gasteiger partial charge in [0.2, 0.25) is 0 Å². The Bertz CT molecular complexity index is 614. The van der Waals surface area contributed by atoms with Gasteiger partial charge in [0.1, 0.15) is 0 Å². The van der Waals surface area contributed by atoms with E-state index in [4.69, 9.17) is 0 Å². The number of halogens is 1. The highest BCUT2D eigenvalue weighted by molar-refractivity contribution is 9.10. The quantitative estimate of drug-likeness (QED) is 0.814. The first-order chi connectivity index (χ1) is 10.0. The van der Waals surface area contributed by atoms with Gasteiger partial charge in [-0.1, -0.05) is 28.1 Å². The van der Waals surface area contributed by atoms with Crippen LogP contribution in [0.3, 0.4) is 0 Å². The average Bonchev–Trinajstić information content (AvgIpc) is 2.74. The number of nitrogens with zero attached hydrogens (tertiary/aromatic N) is 1. The van der Waals surface area contributed by atoms with Crippen molar-refractivity contribution in [1.82, 2.24) is 10.3 Å². The van der Waals surface area contributed by atoms with E-state index in [-0.39, 0.29) is 0 Å². The average molecular weight is 365 g/mol. The molecule has 1 aromatic heterocycles. The first-order valence-corrected chi connectivity index (χ1v) is 9.09. The standard InChI is InChI=1S/C17H21BrN2S/c1-10-17(21-12(3)19-10)11(2)20-16-8-14(9-16)13-4-6-15(18)7-5-13/h4-7,11,14,16,20H,8-9H2,1-3H3. The number of hydrogen-bond acceptors (Lipinski definition) is 3. The zero-order valence-corrected chi connectivity index (χ0v) is 15.1. The first-order valence-electron chi connectivity index (χ1n) is 7.48. The summed E-state index contributed by atoms with van der Waals surface area (Å²) in [7, 11) is 0. The van der Waals surface area contributed by atoms with Gasteiger partial charge in [0.15, 0.2) is 0 Å². The van der Waals surface area contributed by atoms with Crippen molar-refractivity contribution in [3.05, 3.63) is 49.9 Å². The second-order valence-corrected chi connectivity index (χ2v) is 8.14. The Hall–Kier alpha value is -0.710. The summed E-state index contributed by atoms with van der Waals surface area (Å²) in [6, 6.07) is 9.81. The lowest BCUT2D eigenvalue weighted by molar-refractivity contribution is 0.271. The third kappa shape index (κ3) is 3.38. The highest BCUT2D eigenvalue weighted by atomic mass is 79.9. The fourth-order valence-electron chi connectivity index (χ4n) is 3.14. The number of thiazole rings is 1. The molecule has 4 heteroatoms. The molecule has 1 atom stereocenters. The number of aryl methyl sites for hydroxylation is 2. The number of rotatable bonds is 4. The maximum Gasteiger partial charge on any atom is 0.0900 e. The first kappa shape index (κ1) is 15.2. The van der Waals surface area contributed by atoms with Gasteiger partial charge in [-0.2, -0.15) is 0 Å². The fourth-order valence-corrected chi connectivity index (χ4v) is 4.34. The lowest BCUT2D eigenvalue weighted by atomic mass is 9.75. The van der Waals surface area contributed by atoms with E-state index >= 15 is 0 Å². The molecule has 21 heavy (non-hydrogen) atoms. The van der Waals surface area contributed by atoms with E-state index < -0.39 is 0 Å². The van der Waals surface area contributed by atoms with E-state index in [2.05, 4.69) is 71.3 Å². The molecule has 0 saturated heterocycles. The number of benzene rings is 1. The Morgan fingerprint density at radius 2 is 1.90 bits per heavy atom. The Labute approximate surface area is 139 Å². The minimum absolute atomic E-state index is 0.409. The second-order valence-electron chi connectivity index (χ2n) is 5.99. The lowest BCUT2D eigenvalue weighted by Crippen LogP contribution is -2.41. The highest BCUT2D eigenvalue weighted by Gasteiger charge is 2.31. The summed E-state index contributed by atoms with van der Waals surface area (Å²) in [4.78, 5) is 5.92. The molecule has 1 aliphatic carbocycles. The third-order valence-electron chi connectivity index (χ3n) is 4.30. The zero-order chi connectivity index (χ0) is 15.0. The van der Waals surface area contributed by atoms with Crippen molar-refractivity contribution in [2.75, 3.05) is 0 Å². The molecule has 0 amide bonds. The second kappa shape index (κ2) is 6.19. The third-order valence-corrected chi connectivity index (χ3v) is 6.08. The lowest BCUT2D eigenvalue weighted by Gasteiger charge is -2.38. The SMILES string of the molecule is Cc1nc(C)c(C(C)NC2CC(c3ccc(Br)cc3)C2)s1. The van der Waals surface area contributed by atoms with Gasteiger partial charge in [0.25, 0.3) is 0 Å². The number of hydrogen-bond donors (Lipinski definition) is 1. The summed E-state index contributed by atoms with van der Waals surface area (Å²) in [5.74, 6) is 0.715. The molecule has 1 saturated carbocycles. The molecule has 112 valence electrons. The van der Waals surface area contributed by atoms with Crippen molar-refractivity contribution in [1.29, 1.82) is 0 Å². The van der Waals surface area contributed by atoms with Crippen LogP contribution < -0.4 is 5.32 Å². The maximum absolute atomic E-state index is 4.53. The molecule has 1 N–H and O–H groups in total. The van der Waals surface area contributed by atoms with Crippen LogP contribution in [0.1, 0.15) is 52.9 Å². The molecular formula is C17H21BrN2S. The number of nitrogens with one attached hydrogen (secondary N) is 1. The van der Waals surface area contributed by atoms with Gasteiger partial charge in [-0.25, -0.2) is 4.98 Å². The van der Waals surface area contributed by atoms with Crippen molar-refractivity contribution < 1.29 is 0 Å². The normalized spacial score (nSPS) is 22.9. The van der Waals surface area contributed by atoms with E-state index in [1.165, 1.54) is 29.0 Å². The molecule has 3 rings (SSSR count). The minimum atomic E-state index is 0.409. The molecule has 1 unspecified atom stereocenters. The largest absolute Gasteiger partial charge is 0.307 e. The van der Waals surface area contributed by atoms with Gasteiger partial charge in [0.05, 0.1) is 10.7 Å². The van der Waals surface area contributed by atoms with Gasteiger partial charge in [-0.3, -0.25) is 0 Å². The molecule has 1 aromatic carbocycles. The van der Waals surface area contributed by atoms with E-state index in [9.17, 15) is 0 Å². The van der Waals surface area contributed by atoms with Crippen molar-refractivity contribution >= 4 is 27.3 Å². The molecule has 0 spiro atoms. The van der Waals surface area contributed by atoms with Crippen LogP contribution in [0.5, 0.6) is 0 Å². The summed E-state index contributed by atoms with van der Waals surface area (Å²) in [6.45, 7) is 6.45. The van der Waals surface area contributed by atoms with Gasteiger partial charge in [-0.15, -0.1) is 11.3 Å². The topological polar surface area (TPSA) is 24.9 Å². The predicted molar refractivity (Wildman–Crippen MR) is 93.0 cm³/mol. The van der Waals surface area contributed by atoms with Crippen molar-refractivity contribution in [3.8, 4) is 0 Å². The van der Waals surface area contributed by atoms with Crippen LogP contribution >= 0.6 is 27.3 Å². The van der Waals surface area contributed by atoms with Gasteiger partial charge in [-0.05, 0) is 57.2 Å². The molecule has 0 radical (unpaired) electrons. The zero-order valence-electron chi connectivity index (χ0n) is 12.7. The Balaban J connectivity index is 1.55. The molecule has 2 aromatic rings. The van der Waals surface area contributed by atoms with Gasteiger partial charge < -0.3 is 5.32 Å².